The van der Waals surface area contributed by atoms with Crippen LogP contribution in [0.5, 0.6) is 0 Å². The first kappa shape index (κ1) is 19.3. The first-order valence-electron chi connectivity index (χ1n) is 9.85. The fourth-order valence-electron chi connectivity index (χ4n) is 3.79. The fourth-order valence-corrected chi connectivity index (χ4v) is 3.79. The van der Waals surface area contributed by atoms with Gasteiger partial charge in [-0.2, -0.15) is 0 Å². The average molecular weight is 360 g/mol. The highest BCUT2D eigenvalue weighted by atomic mass is 16.5. The largest absolute Gasteiger partial charge is 0.390 e. The van der Waals surface area contributed by atoms with Gasteiger partial charge in [-0.05, 0) is 57.2 Å². The number of aliphatic hydroxyl groups is 1. The molecule has 1 aromatic carbocycles. The lowest BCUT2D eigenvalue weighted by Crippen LogP contribution is -2.53. The predicted molar refractivity (Wildman–Crippen MR) is 102 cm³/mol. The van der Waals surface area contributed by atoms with Gasteiger partial charge in [0.2, 0.25) is 0 Å². The smallest absolute Gasteiger partial charge is 0.253 e. The van der Waals surface area contributed by atoms with Crippen molar-refractivity contribution in [2.75, 3.05) is 39.4 Å². The zero-order chi connectivity index (χ0) is 18.6. The van der Waals surface area contributed by atoms with Crippen molar-refractivity contribution >= 4 is 5.91 Å². The van der Waals surface area contributed by atoms with Gasteiger partial charge >= 0.3 is 0 Å². The van der Waals surface area contributed by atoms with Crippen LogP contribution < -0.4 is 0 Å². The molecule has 0 spiro atoms. The summed E-state index contributed by atoms with van der Waals surface area (Å²) < 4.78 is 5.45. The van der Waals surface area contributed by atoms with Crippen LogP contribution >= 0.6 is 0 Å². The summed E-state index contributed by atoms with van der Waals surface area (Å²) in [4.78, 5) is 17.3. The van der Waals surface area contributed by atoms with Crippen LogP contribution in [0.15, 0.2) is 24.3 Å². The summed E-state index contributed by atoms with van der Waals surface area (Å²) in [6.07, 6.45) is 3.76. The number of aryl methyl sites for hydroxylation is 1. The van der Waals surface area contributed by atoms with E-state index in [0.717, 1.165) is 69.8 Å². The quantitative estimate of drug-likeness (QED) is 0.876. The van der Waals surface area contributed by atoms with Crippen molar-refractivity contribution in [2.45, 2.75) is 51.2 Å². The molecule has 5 nitrogen and oxygen atoms in total. The normalized spacial score (nSPS) is 20.3. The fraction of sp³-hybridized carbons (Fsp3) is 0.667. The van der Waals surface area contributed by atoms with Gasteiger partial charge in [0.15, 0.2) is 0 Å². The Labute approximate surface area is 156 Å². The molecule has 5 heteroatoms. The summed E-state index contributed by atoms with van der Waals surface area (Å²) in [6.45, 7) is 8.90. The molecule has 0 unspecified atom stereocenters. The minimum atomic E-state index is -0.654. The highest BCUT2D eigenvalue weighted by Crippen LogP contribution is 2.18. The maximum absolute atomic E-state index is 12.8. The van der Waals surface area contributed by atoms with E-state index in [1.165, 1.54) is 0 Å². The number of carbonyl (C=O) groups excluding carboxylic acids is 1. The van der Waals surface area contributed by atoms with Gasteiger partial charge in [0.1, 0.15) is 0 Å². The molecule has 2 aliphatic heterocycles. The summed E-state index contributed by atoms with van der Waals surface area (Å²) >= 11 is 0. The molecule has 0 aromatic heterocycles. The lowest BCUT2D eigenvalue weighted by molar-refractivity contribution is 0.0137. The molecule has 0 atom stereocenters. The molecule has 0 saturated carbocycles. The molecule has 2 heterocycles. The summed E-state index contributed by atoms with van der Waals surface area (Å²) in [6, 6.07) is 8.49. The SMILES string of the molecule is CC(C)(O)CCc1ccc(C(=O)N2CCN(C3CCOCC3)CC2)cc1. The number of hydrogen-bond acceptors (Lipinski definition) is 4. The van der Waals surface area contributed by atoms with E-state index in [2.05, 4.69) is 4.90 Å². The van der Waals surface area contributed by atoms with Crippen molar-refractivity contribution in [1.82, 2.24) is 9.80 Å². The molecule has 3 rings (SSSR count). The Morgan fingerprint density at radius 1 is 1.12 bits per heavy atom. The van der Waals surface area contributed by atoms with Gasteiger partial charge in [-0.1, -0.05) is 12.1 Å². The van der Waals surface area contributed by atoms with E-state index in [-0.39, 0.29) is 5.91 Å². The number of nitrogens with zero attached hydrogens (tertiary/aromatic N) is 2. The maximum atomic E-state index is 12.8. The number of piperazine rings is 1. The Kier molecular flexibility index (Phi) is 6.33. The molecular formula is C21H32N2O3. The third-order valence-electron chi connectivity index (χ3n) is 5.54. The summed E-state index contributed by atoms with van der Waals surface area (Å²) in [7, 11) is 0. The van der Waals surface area contributed by atoms with Crippen LogP contribution in [0.1, 0.15) is 49.0 Å². The Bertz CT molecular complexity index is 580. The van der Waals surface area contributed by atoms with Crippen LogP contribution in [0, 0.1) is 0 Å². The first-order chi connectivity index (χ1) is 12.4. The van der Waals surface area contributed by atoms with Crippen molar-refractivity contribution in [3.05, 3.63) is 35.4 Å². The molecule has 26 heavy (non-hydrogen) atoms. The maximum Gasteiger partial charge on any atom is 0.253 e. The van der Waals surface area contributed by atoms with E-state index in [1.807, 2.05) is 43.0 Å². The van der Waals surface area contributed by atoms with Crippen LogP contribution in [-0.2, 0) is 11.2 Å². The van der Waals surface area contributed by atoms with E-state index in [1.54, 1.807) is 0 Å². The van der Waals surface area contributed by atoms with Crippen molar-refractivity contribution in [1.29, 1.82) is 0 Å². The third kappa shape index (κ3) is 5.29. The van der Waals surface area contributed by atoms with Crippen molar-refractivity contribution in [2.24, 2.45) is 0 Å². The molecular weight excluding hydrogens is 328 g/mol. The zero-order valence-corrected chi connectivity index (χ0v) is 16.1. The highest BCUT2D eigenvalue weighted by Gasteiger charge is 2.27. The Balaban J connectivity index is 1.50. The van der Waals surface area contributed by atoms with Crippen molar-refractivity contribution in [3.63, 3.8) is 0 Å². The van der Waals surface area contributed by atoms with Crippen molar-refractivity contribution in [3.8, 4) is 0 Å². The van der Waals surface area contributed by atoms with Gasteiger partial charge in [0.25, 0.3) is 5.91 Å². The van der Waals surface area contributed by atoms with Crippen LogP contribution in [0.4, 0.5) is 0 Å². The Hall–Kier alpha value is -1.43. The number of rotatable bonds is 5. The van der Waals surface area contributed by atoms with Crippen LogP contribution in [-0.4, -0.2) is 71.8 Å². The minimum Gasteiger partial charge on any atom is -0.390 e. The zero-order valence-electron chi connectivity index (χ0n) is 16.1. The van der Waals surface area contributed by atoms with E-state index >= 15 is 0 Å². The molecule has 2 aliphatic rings. The van der Waals surface area contributed by atoms with E-state index in [9.17, 15) is 9.90 Å². The number of hydrogen-bond donors (Lipinski definition) is 1. The molecule has 1 amide bonds. The second-order valence-electron chi connectivity index (χ2n) is 8.18. The van der Waals surface area contributed by atoms with Gasteiger partial charge < -0.3 is 14.7 Å². The second-order valence-corrected chi connectivity index (χ2v) is 8.18. The number of benzene rings is 1. The van der Waals surface area contributed by atoms with Gasteiger partial charge in [0, 0.05) is 51.0 Å². The van der Waals surface area contributed by atoms with Crippen LogP contribution in [0.25, 0.3) is 0 Å². The van der Waals surface area contributed by atoms with Crippen molar-refractivity contribution < 1.29 is 14.6 Å². The van der Waals surface area contributed by atoms with Gasteiger partial charge in [-0.3, -0.25) is 9.69 Å². The van der Waals surface area contributed by atoms with Gasteiger partial charge in [-0.15, -0.1) is 0 Å². The molecule has 144 valence electrons. The van der Waals surface area contributed by atoms with Gasteiger partial charge in [0.05, 0.1) is 5.60 Å². The molecule has 2 fully saturated rings. The minimum absolute atomic E-state index is 0.130. The number of ether oxygens (including phenoxy) is 1. The van der Waals surface area contributed by atoms with Gasteiger partial charge in [-0.25, -0.2) is 0 Å². The monoisotopic (exact) mass is 360 g/mol. The topological polar surface area (TPSA) is 53.0 Å². The van der Waals surface area contributed by atoms with E-state index < -0.39 is 5.60 Å². The van der Waals surface area contributed by atoms with E-state index in [0.29, 0.717) is 12.5 Å². The lowest BCUT2D eigenvalue weighted by Gasteiger charge is -2.40. The summed E-state index contributed by atoms with van der Waals surface area (Å²) in [5, 5.41) is 9.84. The number of amides is 1. The molecule has 0 bridgehead atoms. The molecule has 1 N–H and O–H groups in total. The molecule has 0 radical (unpaired) electrons. The molecule has 2 saturated heterocycles. The van der Waals surface area contributed by atoms with Crippen LogP contribution in [0.2, 0.25) is 0 Å². The number of carbonyl (C=O) groups is 1. The lowest BCUT2D eigenvalue weighted by atomic mass is 9.98. The Morgan fingerprint density at radius 2 is 1.73 bits per heavy atom. The molecule has 1 aromatic rings. The average Bonchev–Trinajstić information content (AvgIpc) is 2.66. The Morgan fingerprint density at radius 3 is 2.31 bits per heavy atom. The third-order valence-corrected chi connectivity index (χ3v) is 5.54. The van der Waals surface area contributed by atoms with Crippen LogP contribution in [0.3, 0.4) is 0 Å². The van der Waals surface area contributed by atoms with E-state index in [4.69, 9.17) is 4.74 Å². The highest BCUT2D eigenvalue weighted by molar-refractivity contribution is 5.94. The molecule has 0 aliphatic carbocycles. The second kappa shape index (κ2) is 8.51. The predicted octanol–water partition coefficient (Wildman–Crippen LogP) is 2.33. The summed E-state index contributed by atoms with van der Waals surface area (Å²) in [5.74, 6) is 0.130. The summed E-state index contributed by atoms with van der Waals surface area (Å²) in [5.41, 5.74) is 1.27. The first-order valence-corrected chi connectivity index (χ1v) is 9.85. The standard InChI is InChI=1S/C21H32N2O3/c1-21(2,25)10-7-17-3-5-18(6-4-17)20(24)23-13-11-22(12-14-23)19-8-15-26-16-9-19/h3-6,19,25H,7-16H2,1-2H3.